The van der Waals surface area contributed by atoms with Gasteiger partial charge in [0.05, 0.1) is 47.0 Å². The van der Waals surface area contributed by atoms with Crippen molar-refractivity contribution in [2.24, 2.45) is 5.73 Å². The van der Waals surface area contributed by atoms with Gasteiger partial charge in [0.25, 0.3) is 33.7 Å². The van der Waals surface area contributed by atoms with E-state index in [0.717, 1.165) is 5.56 Å². The molecule has 3 aromatic carbocycles. The van der Waals surface area contributed by atoms with Gasteiger partial charge >= 0.3 is 0 Å². The van der Waals surface area contributed by atoms with Crippen LogP contribution in [0.25, 0.3) is 23.3 Å². The van der Waals surface area contributed by atoms with E-state index in [4.69, 9.17) is 48.6 Å². The SMILES string of the molecule is C.CC1(C)O[C@@H]2[C@H](O1)[C@@H](N)O[C@H]2CO.Cc1[nH]c(/C=C2\C(=O)Nc3ccc(F)cc32)c(C)c1C(=O)N[C@H]1O[C@@H](CO)[C@@H]2OC(C)(C)OC21.Cc1[nH]c(/C=C2\C(=O)Nc3ccc(F)cc32)c(C)c1C(=O)N[C@H]1O[C@@H](CO)[C@H](O)[C@@H]1O.Cc1ccc(S(=O)(=O)O)cc1. The number of aryl methyl sites for hydroxylation is 3. The van der Waals surface area contributed by atoms with E-state index in [1.165, 1.54) is 48.5 Å². The van der Waals surface area contributed by atoms with Crippen LogP contribution in [-0.2, 0) is 52.9 Å². The van der Waals surface area contributed by atoms with Crippen molar-refractivity contribution in [3.63, 3.8) is 0 Å². The summed E-state index contributed by atoms with van der Waals surface area (Å²) in [5.41, 5.74) is 13.1. The number of anilines is 2. The van der Waals surface area contributed by atoms with Crippen molar-refractivity contribution in [2.45, 2.75) is 160 Å². The number of aliphatic hydroxyl groups excluding tert-OH is 5. The first-order chi connectivity index (χ1) is 41.8. The number of aromatic nitrogens is 2. The lowest BCUT2D eigenvalue weighted by molar-refractivity contribution is -0.192. The summed E-state index contributed by atoms with van der Waals surface area (Å²) in [5, 5.41) is 58.4. The lowest BCUT2D eigenvalue weighted by Crippen LogP contribution is -2.44. The highest BCUT2D eigenvalue weighted by Gasteiger charge is 2.56. The van der Waals surface area contributed by atoms with Gasteiger partial charge in [0, 0.05) is 45.3 Å². The summed E-state index contributed by atoms with van der Waals surface area (Å²) in [4.78, 5) is 57.0. The summed E-state index contributed by atoms with van der Waals surface area (Å²) in [7, 11) is -4.02. The van der Waals surface area contributed by atoms with E-state index >= 15 is 0 Å². The van der Waals surface area contributed by atoms with E-state index in [1.54, 1.807) is 65.8 Å². The number of halogens is 2. The summed E-state index contributed by atoms with van der Waals surface area (Å²) in [6, 6.07) is 14.1. The van der Waals surface area contributed by atoms with E-state index in [2.05, 4.69) is 31.2 Å². The van der Waals surface area contributed by atoms with Gasteiger partial charge in [-0.1, -0.05) is 25.1 Å². The Hall–Kier alpha value is -7.17. The summed E-state index contributed by atoms with van der Waals surface area (Å²) in [6.45, 7) is 15.0. The highest BCUT2D eigenvalue weighted by atomic mass is 32.2. The third kappa shape index (κ3) is 14.4. The van der Waals surface area contributed by atoms with Gasteiger partial charge in [0.1, 0.15) is 72.8 Å². The van der Waals surface area contributed by atoms with Gasteiger partial charge in [-0.25, -0.2) is 8.78 Å². The fourth-order valence-corrected chi connectivity index (χ4v) is 11.8. The summed E-state index contributed by atoms with van der Waals surface area (Å²) >= 11 is 0. The fraction of sp³-hybridized carbons (Fsp3) is 0.443. The number of amides is 4. The number of benzene rings is 3. The molecule has 5 saturated heterocycles. The molecular formula is C61H75F2N7O19S. The second-order valence-corrected chi connectivity index (χ2v) is 24.4. The highest BCUT2D eigenvalue weighted by molar-refractivity contribution is 7.85. The first-order valence-corrected chi connectivity index (χ1v) is 29.6. The molecule has 5 fully saturated rings. The number of hydrogen-bond donors (Lipinski definition) is 13. The second kappa shape index (κ2) is 27.0. The predicted octanol–water partition coefficient (Wildman–Crippen LogP) is 3.72. The van der Waals surface area contributed by atoms with E-state index in [-0.39, 0.29) is 66.8 Å². The Kier molecular flexibility index (Phi) is 20.6. The molecule has 29 heteroatoms. The van der Waals surface area contributed by atoms with Gasteiger partial charge in [-0.15, -0.1) is 0 Å². The minimum atomic E-state index is -4.02. The first kappa shape index (κ1) is 68.7. The molecule has 5 aromatic rings. The number of nitrogens with two attached hydrogens (primary N) is 1. The molecule has 0 radical (unpaired) electrons. The smallest absolute Gasteiger partial charge is 0.294 e. The fourth-order valence-electron chi connectivity index (χ4n) is 11.4. The van der Waals surface area contributed by atoms with Crippen LogP contribution in [0, 0.1) is 46.3 Å². The van der Waals surface area contributed by atoms with E-state index in [9.17, 15) is 56.8 Å². The van der Waals surface area contributed by atoms with Crippen molar-refractivity contribution in [2.75, 3.05) is 30.5 Å². The molecule has 14 N–H and O–H groups in total. The molecule has 4 amide bonds. The zero-order valence-electron chi connectivity index (χ0n) is 49.7. The Morgan fingerprint density at radius 2 is 1.02 bits per heavy atom. The van der Waals surface area contributed by atoms with Crippen molar-refractivity contribution >= 4 is 68.4 Å². The van der Waals surface area contributed by atoms with Crippen molar-refractivity contribution in [3.05, 3.63) is 134 Å². The number of nitrogens with one attached hydrogen (secondary N) is 6. The molecular weight excluding hydrogens is 1200 g/mol. The van der Waals surface area contributed by atoms with Crippen LogP contribution >= 0.6 is 0 Å². The number of H-pyrrole nitrogens is 2. The number of aromatic amines is 2. The van der Waals surface area contributed by atoms with Crippen molar-refractivity contribution in [1.82, 2.24) is 20.6 Å². The molecule has 488 valence electrons. The largest absolute Gasteiger partial charge is 0.394 e. The Labute approximate surface area is 516 Å². The summed E-state index contributed by atoms with van der Waals surface area (Å²) < 4.78 is 96.1. The molecule has 12 atom stereocenters. The van der Waals surface area contributed by atoms with Gasteiger partial charge in [-0.2, -0.15) is 8.42 Å². The Morgan fingerprint density at radius 1 is 0.611 bits per heavy atom. The molecule has 2 aromatic heterocycles. The zero-order chi connectivity index (χ0) is 64.9. The monoisotopic (exact) mass is 1280 g/mol. The van der Waals surface area contributed by atoms with Gasteiger partial charge in [0.2, 0.25) is 0 Å². The average molecular weight is 1280 g/mol. The summed E-state index contributed by atoms with van der Waals surface area (Å²) in [6.07, 6.45) is -5.60. The third-order valence-corrected chi connectivity index (χ3v) is 16.5. The average Bonchev–Trinajstić information content (AvgIpc) is 1.67. The van der Waals surface area contributed by atoms with Gasteiger partial charge in [-0.05, 0) is 134 Å². The van der Waals surface area contributed by atoms with Crippen molar-refractivity contribution in [3.8, 4) is 0 Å². The van der Waals surface area contributed by atoms with Crippen LogP contribution in [0.2, 0.25) is 0 Å². The Bertz CT molecular complexity index is 3720. The van der Waals surface area contributed by atoms with Crippen LogP contribution in [0.4, 0.5) is 20.2 Å². The molecule has 7 aliphatic heterocycles. The number of fused-ring (bicyclic) bond motifs is 4. The number of hydrogen-bond acceptors (Lipinski definition) is 19. The maximum atomic E-state index is 13.8. The molecule has 0 bridgehead atoms. The molecule has 0 spiro atoms. The molecule has 0 aliphatic carbocycles. The normalized spacial score (nSPS) is 28.0. The Balaban J connectivity index is 0.000000170. The van der Waals surface area contributed by atoms with E-state index in [1.807, 2.05) is 20.8 Å². The second-order valence-electron chi connectivity index (χ2n) is 23.0. The van der Waals surface area contributed by atoms with Crippen LogP contribution in [0.1, 0.15) is 106 Å². The molecule has 7 aliphatic rings. The molecule has 90 heavy (non-hydrogen) atoms. The van der Waals surface area contributed by atoms with Crippen LogP contribution in [-0.4, -0.2) is 177 Å². The van der Waals surface area contributed by atoms with Crippen LogP contribution < -0.4 is 27.0 Å². The maximum Gasteiger partial charge on any atom is 0.294 e. The van der Waals surface area contributed by atoms with Gasteiger partial charge in [-0.3, -0.25) is 23.7 Å². The number of aliphatic hydroxyl groups is 5. The molecule has 1 unspecified atom stereocenters. The van der Waals surface area contributed by atoms with Crippen LogP contribution in [0.15, 0.2) is 65.6 Å². The lowest BCUT2D eigenvalue weighted by atomic mass is 10.0. The number of carbonyl (C=O) groups is 4. The zero-order valence-corrected chi connectivity index (χ0v) is 50.5. The standard InChI is InChI=1S/C24H26FN3O6.C21H22FN3O6.C8H15NO4.C7H8O3S.CH4/c1-10-16(8-14-13-7-12(25)5-6-15(13)27-21(14)30)26-11(2)18(10)22(31)28-23-20-19(17(9-29)32-23)33-24(3,4)34-20;1-8-14(6-12-11-5-10(22)3-4-13(11)24-19(12)29)23-9(2)16(8)20(30)25-21-18(28)17(27)15(7-26)31-21;1-8(2)12-5-4(3-10)11-7(9)6(5)13-8;1-6-2-4-7(5-3-6)11(8,9)10;/h5-8,17,19-20,23,26,29H,9H2,1-4H3,(H,27,30)(H,28,31);3-6,15,17-18,21,23,26-28H,7H2,1-2H3,(H,24,29)(H,25,30);4-7,10H,3,9H2,1-2H3;2-5H,1H3,(H,8,9,10);1H4/b14-8-;12-6-;;;/t17-,19-,20?,23-;15-,17-,18-,21-;4-,5-,6-,7-;;/m000../s1. The van der Waals surface area contributed by atoms with Gasteiger partial charge in [0.15, 0.2) is 24.0 Å². The minimum Gasteiger partial charge on any atom is -0.394 e. The lowest BCUT2D eigenvalue weighted by Gasteiger charge is -2.24. The maximum absolute atomic E-state index is 13.8. The highest BCUT2D eigenvalue weighted by Crippen LogP contribution is 2.40. The first-order valence-electron chi connectivity index (χ1n) is 28.1. The summed E-state index contributed by atoms with van der Waals surface area (Å²) in [5.74, 6) is -4.08. The number of carbonyl (C=O) groups excluding carboxylic acids is 4. The molecule has 9 heterocycles. The molecule has 26 nitrogen and oxygen atoms in total. The van der Waals surface area contributed by atoms with Crippen LogP contribution in [0.3, 0.4) is 0 Å². The predicted molar refractivity (Wildman–Crippen MR) is 320 cm³/mol. The number of rotatable bonds is 10. The number of ether oxygens (including phenoxy) is 7. The third-order valence-electron chi connectivity index (χ3n) is 15.6. The molecule has 0 saturated carbocycles. The quantitative estimate of drug-likeness (QED) is 0.0700. The van der Waals surface area contributed by atoms with Crippen molar-refractivity contribution < 1.29 is 99.6 Å². The van der Waals surface area contributed by atoms with E-state index in [0.29, 0.717) is 67.5 Å². The minimum absolute atomic E-state index is 0. The van der Waals surface area contributed by atoms with E-state index < -0.39 is 107 Å². The Morgan fingerprint density at radius 3 is 1.47 bits per heavy atom. The van der Waals surface area contributed by atoms with Gasteiger partial charge < -0.3 is 95.7 Å². The van der Waals surface area contributed by atoms with Crippen LogP contribution in [0.5, 0.6) is 0 Å². The topological polar surface area (TPSA) is 394 Å². The van der Waals surface area contributed by atoms with Crippen molar-refractivity contribution in [1.29, 1.82) is 0 Å². The molecule has 12 rings (SSSR count).